The van der Waals surface area contributed by atoms with Crippen molar-refractivity contribution in [3.63, 3.8) is 0 Å². The molecule has 11 heavy (non-hydrogen) atoms. The summed E-state index contributed by atoms with van der Waals surface area (Å²) in [6.07, 6.45) is 2.77. The van der Waals surface area contributed by atoms with Crippen LogP contribution in [0.4, 0.5) is 0 Å². The first-order valence-corrected chi connectivity index (χ1v) is 4.44. The van der Waals surface area contributed by atoms with Crippen molar-refractivity contribution < 1.29 is 4.79 Å². The smallest absolute Gasteiger partial charge is 0.150 e. The lowest BCUT2D eigenvalue weighted by molar-refractivity contribution is 0.112. The van der Waals surface area contributed by atoms with Gasteiger partial charge in [-0.1, -0.05) is 46.9 Å². The van der Waals surface area contributed by atoms with E-state index in [2.05, 4.69) is 22.6 Å². The van der Waals surface area contributed by atoms with E-state index in [-0.39, 0.29) is 0 Å². The van der Waals surface area contributed by atoms with Gasteiger partial charge in [0, 0.05) is 5.56 Å². The molecule has 0 heterocycles. The highest BCUT2D eigenvalue weighted by Gasteiger charge is 1.93. The van der Waals surface area contributed by atoms with Crippen LogP contribution >= 0.6 is 22.6 Å². The maximum atomic E-state index is 10.5. The summed E-state index contributed by atoms with van der Waals surface area (Å²) in [4.78, 5) is 10.5. The molecule has 56 valence electrons. The van der Waals surface area contributed by atoms with E-state index >= 15 is 0 Å². The van der Waals surface area contributed by atoms with Crippen molar-refractivity contribution >= 4 is 35.0 Å². The summed E-state index contributed by atoms with van der Waals surface area (Å²) < 4.78 is 1.89. The molecule has 0 N–H and O–H groups in total. The van der Waals surface area contributed by atoms with Crippen LogP contribution < -0.4 is 0 Å². The van der Waals surface area contributed by atoms with E-state index in [9.17, 15) is 4.79 Å². The van der Waals surface area contributed by atoms with Crippen LogP contribution in [0.25, 0.3) is 6.08 Å². The lowest BCUT2D eigenvalue weighted by atomic mass is 10.1. The van der Waals surface area contributed by atoms with Crippen molar-refractivity contribution in [2.75, 3.05) is 0 Å². The maximum absolute atomic E-state index is 10.5. The molecule has 0 atom stereocenters. The Labute approximate surface area is 79.3 Å². The van der Waals surface area contributed by atoms with Crippen molar-refractivity contribution in [2.24, 2.45) is 0 Å². The number of hydrogen-bond acceptors (Lipinski definition) is 1. The SMILES string of the molecule is O=Cc1ccccc1/C=C\I. The second-order valence-electron chi connectivity index (χ2n) is 2.04. The molecule has 0 aliphatic rings. The first-order chi connectivity index (χ1) is 5.38. The lowest BCUT2D eigenvalue weighted by Gasteiger charge is -1.94. The molecule has 0 radical (unpaired) electrons. The van der Waals surface area contributed by atoms with Crippen molar-refractivity contribution in [1.29, 1.82) is 0 Å². The van der Waals surface area contributed by atoms with E-state index in [1.54, 1.807) is 6.07 Å². The molecule has 0 aromatic heterocycles. The van der Waals surface area contributed by atoms with Gasteiger partial charge in [-0.05, 0) is 15.7 Å². The summed E-state index contributed by atoms with van der Waals surface area (Å²) >= 11 is 2.13. The number of benzene rings is 1. The minimum absolute atomic E-state index is 0.736. The second kappa shape index (κ2) is 4.28. The lowest BCUT2D eigenvalue weighted by Crippen LogP contribution is -1.83. The zero-order valence-electron chi connectivity index (χ0n) is 5.83. The fraction of sp³-hybridized carbons (Fsp3) is 0. The molecule has 0 saturated carbocycles. The fourth-order valence-corrected chi connectivity index (χ4v) is 1.23. The molecule has 1 aromatic rings. The molecule has 1 aromatic carbocycles. The monoisotopic (exact) mass is 258 g/mol. The molecule has 0 saturated heterocycles. The Balaban J connectivity index is 3.11. The summed E-state index contributed by atoms with van der Waals surface area (Å²) in [5, 5.41) is 0. The van der Waals surface area contributed by atoms with Gasteiger partial charge >= 0.3 is 0 Å². The highest BCUT2D eigenvalue weighted by Crippen LogP contribution is 2.08. The van der Waals surface area contributed by atoms with Crippen molar-refractivity contribution in [3.05, 3.63) is 39.5 Å². The number of carbonyl (C=O) groups is 1. The molecular weight excluding hydrogens is 251 g/mol. The van der Waals surface area contributed by atoms with Gasteiger partial charge in [0.15, 0.2) is 6.29 Å². The third-order valence-corrected chi connectivity index (χ3v) is 1.73. The Morgan fingerprint density at radius 3 is 2.36 bits per heavy atom. The minimum atomic E-state index is 0.736. The molecule has 0 spiro atoms. The Kier molecular flexibility index (Phi) is 3.29. The largest absolute Gasteiger partial charge is 0.298 e. The predicted octanol–water partition coefficient (Wildman–Crippen LogP) is 2.90. The Bertz CT molecular complexity index is 279. The van der Waals surface area contributed by atoms with E-state index in [0.29, 0.717) is 0 Å². The minimum Gasteiger partial charge on any atom is -0.298 e. The van der Waals surface area contributed by atoms with Crippen molar-refractivity contribution in [2.45, 2.75) is 0 Å². The predicted molar refractivity (Wildman–Crippen MR) is 54.9 cm³/mol. The summed E-state index contributed by atoms with van der Waals surface area (Å²) in [5.74, 6) is 0. The number of halogens is 1. The fourth-order valence-electron chi connectivity index (χ4n) is 0.838. The van der Waals surface area contributed by atoms with Crippen LogP contribution in [0.15, 0.2) is 28.3 Å². The van der Waals surface area contributed by atoms with Crippen LogP contribution in [0, 0.1) is 0 Å². The molecule has 0 bridgehead atoms. The van der Waals surface area contributed by atoms with Gasteiger partial charge in [0.1, 0.15) is 0 Å². The van der Waals surface area contributed by atoms with Crippen LogP contribution in [-0.2, 0) is 0 Å². The van der Waals surface area contributed by atoms with Crippen LogP contribution in [0.3, 0.4) is 0 Å². The number of hydrogen-bond donors (Lipinski definition) is 0. The maximum Gasteiger partial charge on any atom is 0.150 e. The summed E-state index contributed by atoms with van der Waals surface area (Å²) in [7, 11) is 0. The molecule has 0 aliphatic carbocycles. The van der Waals surface area contributed by atoms with Crippen LogP contribution in [0.5, 0.6) is 0 Å². The van der Waals surface area contributed by atoms with Gasteiger partial charge in [-0.2, -0.15) is 0 Å². The molecule has 2 heteroatoms. The Morgan fingerprint density at radius 2 is 1.82 bits per heavy atom. The number of aldehydes is 1. The topological polar surface area (TPSA) is 17.1 Å². The summed E-state index contributed by atoms with van der Waals surface area (Å²) in [6.45, 7) is 0. The highest BCUT2D eigenvalue weighted by atomic mass is 127. The van der Waals surface area contributed by atoms with Crippen LogP contribution in [-0.4, -0.2) is 6.29 Å². The van der Waals surface area contributed by atoms with Crippen molar-refractivity contribution in [1.82, 2.24) is 0 Å². The standard InChI is InChI=1S/C9H7IO/c10-6-5-8-3-1-2-4-9(8)7-11/h1-7H/b6-5-. The van der Waals surface area contributed by atoms with Gasteiger partial charge in [-0.25, -0.2) is 0 Å². The normalized spacial score (nSPS) is 10.3. The van der Waals surface area contributed by atoms with Gasteiger partial charge in [0.2, 0.25) is 0 Å². The third-order valence-electron chi connectivity index (χ3n) is 1.37. The van der Waals surface area contributed by atoms with E-state index in [0.717, 1.165) is 17.4 Å². The first-order valence-electron chi connectivity index (χ1n) is 3.19. The molecule has 1 rings (SSSR count). The molecule has 0 unspecified atom stereocenters. The summed E-state index contributed by atoms with van der Waals surface area (Å²) in [6, 6.07) is 7.49. The first kappa shape index (κ1) is 8.46. The Morgan fingerprint density at radius 1 is 1.18 bits per heavy atom. The molecule has 0 fully saturated rings. The highest BCUT2D eigenvalue weighted by molar-refractivity contribution is 14.1. The van der Waals surface area contributed by atoms with E-state index in [1.807, 2.05) is 28.4 Å². The van der Waals surface area contributed by atoms with E-state index in [1.165, 1.54) is 0 Å². The van der Waals surface area contributed by atoms with Crippen LogP contribution in [0.2, 0.25) is 0 Å². The van der Waals surface area contributed by atoms with Gasteiger partial charge in [0.25, 0.3) is 0 Å². The number of rotatable bonds is 2. The molecule has 1 nitrogen and oxygen atoms in total. The van der Waals surface area contributed by atoms with Gasteiger partial charge in [-0.15, -0.1) is 0 Å². The van der Waals surface area contributed by atoms with Gasteiger partial charge in [-0.3, -0.25) is 4.79 Å². The van der Waals surface area contributed by atoms with Crippen molar-refractivity contribution in [3.8, 4) is 0 Å². The quantitative estimate of drug-likeness (QED) is 0.588. The van der Waals surface area contributed by atoms with Crippen LogP contribution in [0.1, 0.15) is 15.9 Å². The second-order valence-corrected chi connectivity index (χ2v) is 2.76. The molecular formula is C9H7IO. The number of carbonyl (C=O) groups excluding carboxylic acids is 1. The van der Waals surface area contributed by atoms with E-state index in [4.69, 9.17) is 0 Å². The molecule has 0 amide bonds. The summed E-state index contributed by atoms with van der Waals surface area (Å²) in [5.41, 5.74) is 1.71. The zero-order chi connectivity index (χ0) is 8.10. The Hall–Kier alpha value is -0.640. The molecule has 0 aliphatic heterocycles. The van der Waals surface area contributed by atoms with Gasteiger partial charge < -0.3 is 0 Å². The average Bonchev–Trinajstić information content (AvgIpc) is 2.06. The third kappa shape index (κ3) is 2.15. The van der Waals surface area contributed by atoms with Gasteiger partial charge in [0.05, 0.1) is 0 Å². The zero-order valence-corrected chi connectivity index (χ0v) is 7.99. The van der Waals surface area contributed by atoms with E-state index < -0.39 is 0 Å². The average molecular weight is 258 g/mol.